The molecule has 4 aromatic rings. The number of furan rings is 1. The lowest BCUT2D eigenvalue weighted by molar-refractivity contribution is 0.0976. The van der Waals surface area contributed by atoms with Crippen molar-refractivity contribution < 1.29 is 9.21 Å². The van der Waals surface area contributed by atoms with Gasteiger partial charge in [0.15, 0.2) is 11.4 Å². The summed E-state index contributed by atoms with van der Waals surface area (Å²) >= 11 is 5.94. The Balaban J connectivity index is 1.92. The van der Waals surface area contributed by atoms with Gasteiger partial charge in [-0.05, 0) is 24.3 Å². The van der Waals surface area contributed by atoms with E-state index in [9.17, 15) is 4.79 Å². The van der Waals surface area contributed by atoms with Crippen molar-refractivity contribution in [3.8, 4) is 11.3 Å². The largest absolute Gasteiger partial charge is 0.451 e. The fraction of sp³-hybridized carbons (Fsp3) is 0. The predicted octanol–water partition coefficient (Wildman–Crippen LogP) is 2.89. The van der Waals surface area contributed by atoms with Crippen LogP contribution in [-0.2, 0) is 0 Å². The Labute approximate surface area is 129 Å². The van der Waals surface area contributed by atoms with Crippen molar-refractivity contribution in [1.82, 2.24) is 14.6 Å². The van der Waals surface area contributed by atoms with Crippen molar-refractivity contribution in [3.05, 3.63) is 53.5 Å². The summed E-state index contributed by atoms with van der Waals surface area (Å²) in [5.74, 6) is -0.465. The smallest absolute Gasteiger partial charge is 0.284 e. The van der Waals surface area contributed by atoms with Crippen LogP contribution in [0.25, 0.3) is 27.9 Å². The van der Waals surface area contributed by atoms with Crippen LogP contribution in [0.4, 0.5) is 0 Å². The van der Waals surface area contributed by atoms with Crippen LogP contribution in [-0.4, -0.2) is 20.5 Å². The number of fused-ring (bicyclic) bond motifs is 2. The van der Waals surface area contributed by atoms with E-state index in [1.165, 1.54) is 0 Å². The minimum absolute atomic E-state index is 0.131. The van der Waals surface area contributed by atoms with Crippen LogP contribution in [0.5, 0.6) is 0 Å². The lowest BCUT2D eigenvalue weighted by Crippen LogP contribution is -2.08. The van der Waals surface area contributed by atoms with E-state index in [4.69, 9.17) is 21.8 Å². The van der Waals surface area contributed by atoms with E-state index in [1.54, 1.807) is 28.9 Å². The Morgan fingerprint density at radius 2 is 2.09 bits per heavy atom. The van der Waals surface area contributed by atoms with Crippen molar-refractivity contribution >= 4 is 34.1 Å². The van der Waals surface area contributed by atoms with Gasteiger partial charge in [0, 0.05) is 10.9 Å². The first kappa shape index (κ1) is 12.8. The number of rotatable bonds is 2. The molecule has 6 nitrogen and oxygen atoms in total. The number of nitrogens with zero attached hydrogens (tertiary/aromatic N) is 3. The van der Waals surface area contributed by atoms with Crippen LogP contribution in [0.1, 0.15) is 10.6 Å². The van der Waals surface area contributed by atoms with Crippen molar-refractivity contribution in [3.63, 3.8) is 0 Å². The maximum absolute atomic E-state index is 11.2. The Kier molecular flexibility index (Phi) is 2.67. The summed E-state index contributed by atoms with van der Waals surface area (Å²) in [4.78, 5) is 15.5. The van der Waals surface area contributed by atoms with Gasteiger partial charge in [-0.25, -0.2) is 9.50 Å². The number of aromatic nitrogens is 3. The average molecular weight is 313 g/mol. The van der Waals surface area contributed by atoms with Gasteiger partial charge in [0.25, 0.3) is 5.91 Å². The molecule has 4 rings (SSSR count). The van der Waals surface area contributed by atoms with Gasteiger partial charge in [-0.3, -0.25) is 4.79 Å². The number of carbonyl (C=O) groups excluding carboxylic acids is 1. The van der Waals surface area contributed by atoms with Gasteiger partial charge in [-0.15, -0.1) is 0 Å². The molecule has 0 radical (unpaired) electrons. The molecule has 1 amide bonds. The molecule has 3 aromatic heterocycles. The lowest BCUT2D eigenvalue weighted by atomic mass is 10.1. The molecular formula is C15H9ClN4O2. The molecule has 0 aliphatic carbocycles. The van der Waals surface area contributed by atoms with Crippen LogP contribution in [0, 0.1) is 0 Å². The number of hydrogen-bond acceptors (Lipinski definition) is 4. The van der Waals surface area contributed by atoms with E-state index >= 15 is 0 Å². The zero-order valence-corrected chi connectivity index (χ0v) is 11.9. The molecule has 22 heavy (non-hydrogen) atoms. The topological polar surface area (TPSA) is 86.4 Å². The number of primary amides is 1. The zero-order valence-electron chi connectivity index (χ0n) is 11.2. The molecule has 0 aliphatic heterocycles. The quantitative estimate of drug-likeness (QED) is 0.616. The summed E-state index contributed by atoms with van der Waals surface area (Å²) in [7, 11) is 0. The van der Waals surface area contributed by atoms with Crippen molar-refractivity contribution in [2.45, 2.75) is 0 Å². The molecule has 0 unspecified atom stereocenters. The third-order valence-corrected chi connectivity index (χ3v) is 3.59. The van der Waals surface area contributed by atoms with Crippen LogP contribution >= 0.6 is 11.6 Å². The fourth-order valence-electron chi connectivity index (χ4n) is 2.36. The number of carbonyl (C=O) groups is 1. The van der Waals surface area contributed by atoms with Crippen molar-refractivity contribution in [2.24, 2.45) is 5.73 Å². The molecule has 0 fully saturated rings. The van der Waals surface area contributed by atoms with Gasteiger partial charge in [0.1, 0.15) is 10.7 Å². The van der Waals surface area contributed by atoms with Crippen LogP contribution in [0.15, 0.2) is 47.0 Å². The maximum Gasteiger partial charge on any atom is 0.284 e. The average Bonchev–Trinajstić information content (AvgIpc) is 3.09. The first-order valence-corrected chi connectivity index (χ1v) is 6.84. The molecule has 0 aliphatic rings. The Morgan fingerprint density at radius 1 is 1.23 bits per heavy atom. The fourth-order valence-corrected chi connectivity index (χ4v) is 2.50. The highest BCUT2D eigenvalue weighted by Crippen LogP contribution is 2.27. The number of halogens is 1. The first-order chi connectivity index (χ1) is 10.6. The number of amides is 1. The van der Waals surface area contributed by atoms with Gasteiger partial charge in [-0.2, -0.15) is 5.10 Å². The van der Waals surface area contributed by atoms with Crippen LogP contribution in [0.3, 0.4) is 0 Å². The summed E-state index contributed by atoms with van der Waals surface area (Å²) < 4.78 is 7.11. The van der Waals surface area contributed by atoms with Gasteiger partial charge < -0.3 is 10.2 Å². The number of benzene rings is 1. The lowest BCUT2D eigenvalue weighted by Gasteiger charge is -2.01. The molecular weight excluding hydrogens is 304 g/mol. The highest BCUT2D eigenvalue weighted by atomic mass is 35.5. The third-order valence-electron chi connectivity index (χ3n) is 3.39. The summed E-state index contributed by atoms with van der Waals surface area (Å²) in [6.45, 7) is 0. The molecule has 0 saturated carbocycles. The second kappa shape index (κ2) is 4.57. The summed E-state index contributed by atoms with van der Waals surface area (Å²) in [5.41, 5.74) is 8.12. The van der Waals surface area contributed by atoms with E-state index in [1.807, 2.05) is 18.2 Å². The monoisotopic (exact) mass is 312 g/mol. The second-order valence-electron chi connectivity index (χ2n) is 4.80. The highest BCUT2D eigenvalue weighted by Gasteiger charge is 2.12. The Morgan fingerprint density at radius 3 is 2.91 bits per heavy atom. The number of imidazole rings is 1. The SMILES string of the molecule is NC(=O)c1cc2ccc(-c3cnc4ccc(Cl)nn34)cc2o1. The van der Waals surface area contributed by atoms with Gasteiger partial charge in [0.05, 0.1) is 11.9 Å². The third kappa shape index (κ3) is 1.93. The minimum atomic E-state index is -0.596. The summed E-state index contributed by atoms with van der Waals surface area (Å²) in [6, 6.07) is 10.6. The number of hydrogen-bond donors (Lipinski definition) is 1. The highest BCUT2D eigenvalue weighted by molar-refractivity contribution is 6.29. The van der Waals surface area contributed by atoms with E-state index in [0.29, 0.717) is 16.4 Å². The summed E-state index contributed by atoms with van der Waals surface area (Å²) in [5, 5.41) is 5.42. The molecule has 0 spiro atoms. The summed E-state index contributed by atoms with van der Waals surface area (Å²) in [6.07, 6.45) is 1.71. The van der Waals surface area contributed by atoms with E-state index in [0.717, 1.165) is 16.6 Å². The van der Waals surface area contributed by atoms with Gasteiger partial charge >= 0.3 is 0 Å². The normalized spacial score (nSPS) is 11.3. The minimum Gasteiger partial charge on any atom is -0.451 e. The van der Waals surface area contributed by atoms with E-state index in [2.05, 4.69) is 10.1 Å². The maximum atomic E-state index is 11.2. The van der Waals surface area contributed by atoms with Gasteiger partial charge in [0.2, 0.25) is 0 Å². The Bertz CT molecular complexity index is 1030. The molecule has 0 bridgehead atoms. The molecule has 7 heteroatoms. The molecule has 0 atom stereocenters. The predicted molar refractivity (Wildman–Crippen MR) is 81.7 cm³/mol. The second-order valence-corrected chi connectivity index (χ2v) is 5.18. The molecule has 1 aromatic carbocycles. The molecule has 0 saturated heterocycles. The van der Waals surface area contributed by atoms with Crippen molar-refractivity contribution in [2.75, 3.05) is 0 Å². The first-order valence-electron chi connectivity index (χ1n) is 6.46. The van der Waals surface area contributed by atoms with Crippen LogP contribution in [0.2, 0.25) is 5.15 Å². The van der Waals surface area contributed by atoms with Crippen molar-refractivity contribution in [1.29, 1.82) is 0 Å². The van der Waals surface area contributed by atoms with Gasteiger partial charge in [-0.1, -0.05) is 23.7 Å². The molecule has 3 heterocycles. The Hall–Kier alpha value is -2.86. The van der Waals surface area contributed by atoms with Crippen LogP contribution < -0.4 is 5.73 Å². The molecule has 108 valence electrons. The van der Waals surface area contributed by atoms with E-state index < -0.39 is 5.91 Å². The van der Waals surface area contributed by atoms with E-state index in [-0.39, 0.29) is 5.76 Å². The zero-order chi connectivity index (χ0) is 15.3. The standard InChI is InChI=1S/C15H9ClN4O2/c16-13-3-4-14-18-7-10(20(14)19-13)8-1-2-9-6-12(15(17)21)22-11(9)5-8/h1-7H,(H2,17,21). The molecule has 2 N–H and O–H groups in total. The number of nitrogens with two attached hydrogens (primary N) is 1.